The molecule has 1 unspecified atom stereocenters. The first-order chi connectivity index (χ1) is 8.86. The van der Waals surface area contributed by atoms with Gasteiger partial charge in [0, 0.05) is 5.92 Å². The molecule has 6 nitrogen and oxygen atoms in total. The zero-order valence-electron chi connectivity index (χ0n) is 10.5. The third kappa shape index (κ3) is 2.33. The van der Waals surface area contributed by atoms with Crippen LogP contribution in [-0.2, 0) is 19.4 Å². The summed E-state index contributed by atoms with van der Waals surface area (Å²) in [5.41, 5.74) is 0.0617. The second-order valence-corrected chi connectivity index (χ2v) is 6.32. The average Bonchev–Trinajstić information content (AvgIpc) is 2.44. The number of sulfone groups is 1. The monoisotopic (exact) mass is 283 g/mol. The molecule has 1 atom stereocenters. The van der Waals surface area contributed by atoms with Crippen LogP contribution in [0.5, 0.6) is 0 Å². The number of nitrogens with one attached hydrogen (secondary N) is 1. The zero-order chi connectivity index (χ0) is 14.2. The Bertz CT molecular complexity index is 650. The minimum atomic E-state index is -3.73. The lowest BCUT2D eigenvalue weighted by Gasteiger charge is -2.10. The van der Waals surface area contributed by atoms with Gasteiger partial charge in [-0.15, -0.1) is 0 Å². The highest BCUT2D eigenvalue weighted by atomic mass is 32.2. The molecule has 1 aromatic carbocycles. The zero-order valence-corrected chi connectivity index (χ0v) is 11.3. The van der Waals surface area contributed by atoms with E-state index in [1.165, 1.54) is 32.2 Å². The van der Waals surface area contributed by atoms with Crippen molar-refractivity contribution in [2.75, 3.05) is 18.2 Å². The Morgan fingerprint density at radius 1 is 1.42 bits per heavy atom. The Labute approximate surface area is 110 Å². The fourth-order valence-corrected chi connectivity index (χ4v) is 3.90. The number of hydrogen-bond acceptors (Lipinski definition) is 5. The van der Waals surface area contributed by atoms with Gasteiger partial charge in [-0.3, -0.25) is 4.79 Å². The molecule has 0 saturated heterocycles. The molecule has 1 N–H and O–H groups in total. The number of hydrogen-bond donors (Lipinski definition) is 1. The summed E-state index contributed by atoms with van der Waals surface area (Å²) in [5, 5.41) is 2.52. The number of carbonyl (C=O) groups excluding carboxylic acids is 2. The molecule has 1 aromatic rings. The summed E-state index contributed by atoms with van der Waals surface area (Å²) < 4.78 is 29.2. The molecule has 102 valence electrons. The van der Waals surface area contributed by atoms with Gasteiger partial charge >= 0.3 is 5.97 Å². The normalized spacial score (nSPS) is 20.9. The summed E-state index contributed by atoms with van der Waals surface area (Å²) in [5.74, 6) is -2.14. The van der Waals surface area contributed by atoms with E-state index in [2.05, 4.69) is 10.1 Å². The van der Waals surface area contributed by atoms with Crippen molar-refractivity contribution in [2.24, 2.45) is 5.92 Å². The number of rotatable bonds is 1. The lowest BCUT2D eigenvalue weighted by molar-refractivity contribution is -0.118. The van der Waals surface area contributed by atoms with Crippen LogP contribution in [0.2, 0.25) is 0 Å². The van der Waals surface area contributed by atoms with Gasteiger partial charge in [-0.25, -0.2) is 13.2 Å². The Balaban J connectivity index is 2.73. The Hall–Kier alpha value is -1.89. The van der Waals surface area contributed by atoms with Gasteiger partial charge in [0.25, 0.3) is 0 Å². The minimum absolute atomic E-state index is 0.0607. The van der Waals surface area contributed by atoms with Crippen LogP contribution in [0.25, 0.3) is 0 Å². The molecule has 0 aliphatic carbocycles. The third-order valence-electron chi connectivity index (χ3n) is 2.91. The van der Waals surface area contributed by atoms with Gasteiger partial charge in [0.1, 0.15) is 4.90 Å². The fraction of sp³-hybridized carbons (Fsp3) is 0.333. The minimum Gasteiger partial charge on any atom is -0.465 e. The van der Waals surface area contributed by atoms with Crippen LogP contribution < -0.4 is 5.32 Å². The first kappa shape index (κ1) is 13.5. The highest BCUT2D eigenvalue weighted by Gasteiger charge is 2.34. The number of benzene rings is 1. The topological polar surface area (TPSA) is 89.5 Å². The standard InChI is InChI=1S/C12H13NO5S/c1-7-6-19(16,17)10-8(12(15)18-2)4-3-5-9(10)13-11(7)14/h3-5,7H,6H2,1-2H3,(H,13,14). The molecule has 2 rings (SSSR count). The molecular formula is C12H13NO5S. The maximum absolute atomic E-state index is 12.3. The van der Waals surface area contributed by atoms with Gasteiger partial charge in [0.05, 0.1) is 24.1 Å². The lowest BCUT2D eigenvalue weighted by atomic mass is 10.1. The SMILES string of the molecule is COC(=O)c1cccc2c1S(=O)(=O)CC(C)C(=O)N2. The average molecular weight is 283 g/mol. The summed E-state index contributed by atoms with van der Waals surface area (Å²) in [4.78, 5) is 23.2. The van der Waals surface area contributed by atoms with E-state index in [9.17, 15) is 18.0 Å². The van der Waals surface area contributed by atoms with Gasteiger partial charge in [0.15, 0.2) is 9.84 Å². The quantitative estimate of drug-likeness (QED) is 0.771. The van der Waals surface area contributed by atoms with Crippen molar-refractivity contribution in [1.82, 2.24) is 0 Å². The molecule has 1 aliphatic heterocycles. The van der Waals surface area contributed by atoms with Crippen LogP contribution in [0.4, 0.5) is 5.69 Å². The molecule has 0 radical (unpaired) electrons. The largest absolute Gasteiger partial charge is 0.465 e. The second kappa shape index (κ2) is 4.65. The number of amides is 1. The van der Waals surface area contributed by atoms with Gasteiger partial charge in [-0.05, 0) is 12.1 Å². The molecule has 1 amide bonds. The number of fused-ring (bicyclic) bond motifs is 1. The third-order valence-corrected chi connectivity index (χ3v) is 4.91. The van der Waals surface area contributed by atoms with Crippen LogP contribution in [-0.4, -0.2) is 33.2 Å². The molecule has 1 heterocycles. The molecular weight excluding hydrogens is 270 g/mol. The first-order valence-electron chi connectivity index (χ1n) is 5.62. The molecule has 19 heavy (non-hydrogen) atoms. The van der Waals surface area contributed by atoms with Crippen molar-refractivity contribution in [1.29, 1.82) is 0 Å². The van der Waals surface area contributed by atoms with Crippen molar-refractivity contribution in [3.05, 3.63) is 23.8 Å². The predicted octanol–water partition coefficient (Wildman–Crippen LogP) is 0.835. The maximum Gasteiger partial charge on any atom is 0.339 e. The number of ether oxygens (including phenoxy) is 1. The number of carbonyl (C=O) groups is 2. The first-order valence-corrected chi connectivity index (χ1v) is 7.27. The van der Waals surface area contributed by atoms with Crippen molar-refractivity contribution in [3.63, 3.8) is 0 Å². The van der Waals surface area contributed by atoms with Gasteiger partial charge in [-0.1, -0.05) is 13.0 Å². The van der Waals surface area contributed by atoms with Crippen LogP contribution in [0.3, 0.4) is 0 Å². The highest BCUT2D eigenvalue weighted by Crippen LogP contribution is 2.31. The smallest absolute Gasteiger partial charge is 0.339 e. The predicted molar refractivity (Wildman–Crippen MR) is 67.6 cm³/mol. The van der Waals surface area contributed by atoms with E-state index in [1.807, 2.05) is 0 Å². The summed E-state index contributed by atoms with van der Waals surface area (Å²) >= 11 is 0. The summed E-state index contributed by atoms with van der Waals surface area (Å²) in [6.07, 6.45) is 0. The van der Waals surface area contributed by atoms with E-state index in [1.54, 1.807) is 0 Å². The Morgan fingerprint density at radius 2 is 2.11 bits per heavy atom. The number of anilines is 1. The van der Waals surface area contributed by atoms with E-state index >= 15 is 0 Å². The van der Waals surface area contributed by atoms with E-state index in [-0.39, 0.29) is 27.8 Å². The number of methoxy groups -OCH3 is 1. The van der Waals surface area contributed by atoms with E-state index < -0.39 is 21.7 Å². The molecule has 0 aromatic heterocycles. The molecule has 0 bridgehead atoms. The molecule has 0 saturated carbocycles. The van der Waals surface area contributed by atoms with Crippen LogP contribution >= 0.6 is 0 Å². The van der Waals surface area contributed by atoms with Gasteiger partial charge < -0.3 is 10.1 Å². The molecule has 0 spiro atoms. The van der Waals surface area contributed by atoms with Gasteiger partial charge in [0.2, 0.25) is 5.91 Å². The van der Waals surface area contributed by atoms with Crippen molar-refractivity contribution < 1.29 is 22.7 Å². The Morgan fingerprint density at radius 3 is 2.74 bits per heavy atom. The van der Waals surface area contributed by atoms with Crippen molar-refractivity contribution in [3.8, 4) is 0 Å². The fourth-order valence-electron chi connectivity index (χ4n) is 1.99. The van der Waals surface area contributed by atoms with E-state index in [4.69, 9.17) is 0 Å². The van der Waals surface area contributed by atoms with Crippen LogP contribution in [0.1, 0.15) is 17.3 Å². The summed E-state index contributed by atoms with van der Waals surface area (Å²) in [6.45, 7) is 1.52. The number of esters is 1. The van der Waals surface area contributed by atoms with E-state index in [0.29, 0.717) is 0 Å². The van der Waals surface area contributed by atoms with E-state index in [0.717, 1.165) is 0 Å². The summed E-state index contributed by atoms with van der Waals surface area (Å²) in [6, 6.07) is 4.32. The molecule has 7 heteroatoms. The van der Waals surface area contributed by atoms with Gasteiger partial charge in [-0.2, -0.15) is 0 Å². The second-order valence-electron chi connectivity index (χ2n) is 4.35. The summed E-state index contributed by atoms with van der Waals surface area (Å²) in [7, 11) is -2.56. The highest BCUT2D eigenvalue weighted by molar-refractivity contribution is 7.91. The van der Waals surface area contributed by atoms with Crippen LogP contribution in [0.15, 0.2) is 23.1 Å². The molecule has 0 fully saturated rings. The molecule has 1 aliphatic rings. The van der Waals surface area contributed by atoms with Crippen LogP contribution in [0, 0.1) is 5.92 Å². The van der Waals surface area contributed by atoms with Crippen molar-refractivity contribution >= 4 is 27.4 Å². The lowest BCUT2D eigenvalue weighted by Crippen LogP contribution is -2.22. The Kier molecular flexibility index (Phi) is 3.32. The maximum atomic E-state index is 12.3. The van der Waals surface area contributed by atoms with Crippen molar-refractivity contribution in [2.45, 2.75) is 11.8 Å².